The normalized spacial score (nSPS) is 11.3. The van der Waals surface area contributed by atoms with Crippen molar-refractivity contribution in [3.05, 3.63) is 58.6 Å². The Kier molecular flexibility index (Phi) is 4.85. The molecule has 9 heteroatoms. The molecule has 0 aliphatic rings. The Bertz CT molecular complexity index is 1030. The number of nitrogens with zero attached hydrogens (tertiary/aromatic N) is 2. The Morgan fingerprint density at radius 2 is 1.96 bits per heavy atom. The van der Waals surface area contributed by atoms with Gasteiger partial charge in [-0.25, -0.2) is 8.42 Å². The summed E-state index contributed by atoms with van der Waals surface area (Å²) in [6, 6.07) is 11.2. The van der Waals surface area contributed by atoms with Gasteiger partial charge in [-0.2, -0.15) is 4.37 Å². The largest absolute Gasteiger partial charge is 0.321 e. The van der Waals surface area contributed by atoms with E-state index in [0.29, 0.717) is 22.0 Å². The van der Waals surface area contributed by atoms with Crippen molar-refractivity contribution >= 4 is 44.6 Å². The first-order chi connectivity index (χ1) is 11.8. The van der Waals surface area contributed by atoms with E-state index in [4.69, 9.17) is 11.6 Å². The van der Waals surface area contributed by atoms with E-state index < -0.39 is 15.7 Å². The van der Waals surface area contributed by atoms with Gasteiger partial charge in [0.05, 0.1) is 10.6 Å². The summed E-state index contributed by atoms with van der Waals surface area (Å²) in [7, 11) is -3.43. The van der Waals surface area contributed by atoms with Gasteiger partial charge in [0.15, 0.2) is 9.84 Å². The van der Waals surface area contributed by atoms with E-state index in [1.165, 1.54) is 18.2 Å². The van der Waals surface area contributed by atoms with Crippen LogP contribution in [0.4, 0.5) is 5.69 Å². The van der Waals surface area contributed by atoms with Crippen LogP contribution in [0.25, 0.3) is 11.4 Å². The lowest BCUT2D eigenvalue weighted by atomic mass is 10.2. The third-order valence-electron chi connectivity index (χ3n) is 3.22. The van der Waals surface area contributed by atoms with Crippen LogP contribution in [-0.4, -0.2) is 29.9 Å². The fourth-order valence-corrected chi connectivity index (χ4v) is 3.68. The number of nitrogens with one attached hydrogen (secondary N) is 1. The van der Waals surface area contributed by atoms with Crippen molar-refractivity contribution in [3.8, 4) is 11.4 Å². The van der Waals surface area contributed by atoms with Gasteiger partial charge in [-0.1, -0.05) is 17.7 Å². The standard InChI is InChI=1S/C16H12ClN3O3S2/c1-25(22,23)12-7-10(17)6-11(8-12)19-16(21)15-9-14(20-24-15)13-4-2-3-5-18-13/h2-9H,1H3,(H,19,21). The average molecular weight is 394 g/mol. The molecule has 0 unspecified atom stereocenters. The van der Waals surface area contributed by atoms with E-state index in [2.05, 4.69) is 14.7 Å². The van der Waals surface area contributed by atoms with Crippen LogP contribution in [0.5, 0.6) is 0 Å². The lowest BCUT2D eigenvalue weighted by Gasteiger charge is -2.06. The van der Waals surface area contributed by atoms with Crippen molar-refractivity contribution in [2.75, 3.05) is 11.6 Å². The quantitative estimate of drug-likeness (QED) is 0.732. The summed E-state index contributed by atoms with van der Waals surface area (Å²) in [6.45, 7) is 0. The molecule has 2 aromatic heterocycles. The second kappa shape index (κ2) is 6.91. The predicted octanol–water partition coefficient (Wildman–Crippen LogP) is 3.51. The predicted molar refractivity (Wildman–Crippen MR) is 97.9 cm³/mol. The highest BCUT2D eigenvalue weighted by Gasteiger charge is 2.15. The number of halogens is 1. The number of benzene rings is 1. The van der Waals surface area contributed by atoms with Gasteiger partial charge in [-0.05, 0) is 47.9 Å². The topological polar surface area (TPSA) is 89.0 Å². The minimum Gasteiger partial charge on any atom is -0.321 e. The summed E-state index contributed by atoms with van der Waals surface area (Å²) >= 11 is 6.97. The van der Waals surface area contributed by atoms with E-state index in [1.807, 2.05) is 6.07 Å². The number of carbonyl (C=O) groups is 1. The smallest absolute Gasteiger partial charge is 0.267 e. The van der Waals surface area contributed by atoms with E-state index in [1.54, 1.807) is 24.4 Å². The van der Waals surface area contributed by atoms with Crippen molar-refractivity contribution in [1.29, 1.82) is 0 Å². The first kappa shape index (κ1) is 17.5. The average Bonchev–Trinajstić information content (AvgIpc) is 3.04. The van der Waals surface area contributed by atoms with Crippen LogP contribution >= 0.6 is 23.1 Å². The number of amides is 1. The molecule has 0 atom stereocenters. The van der Waals surface area contributed by atoms with E-state index in [9.17, 15) is 13.2 Å². The van der Waals surface area contributed by atoms with E-state index >= 15 is 0 Å². The van der Waals surface area contributed by atoms with Crippen molar-refractivity contribution in [2.45, 2.75) is 4.90 Å². The first-order valence-corrected chi connectivity index (χ1v) is 10.1. The molecule has 0 saturated heterocycles. The van der Waals surface area contributed by atoms with Crippen LogP contribution in [0.3, 0.4) is 0 Å². The zero-order valence-corrected chi connectivity index (χ0v) is 15.3. The van der Waals surface area contributed by atoms with Crippen LogP contribution < -0.4 is 5.32 Å². The van der Waals surface area contributed by atoms with E-state index in [-0.39, 0.29) is 9.92 Å². The Hall–Kier alpha value is -2.29. The Morgan fingerprint density at radius 1 is 1.16 bits per heavy atom. The molecule has 1 amide bonds. The second-order valence-electron chi connectivity index (χ2n) is 5.19. The highest BCUT2D eigenvalue weighted by Crippen LogP contribution is 2.24. The Labute approximate surface area is 153 Å². The van der Waals surface area contributed by atoms with Gasteiger partial charge < -0.3 is 5.32 Å². The maximum atomic E-state index is 12.4. The molecule has 1 N–H and O–H groups in total. The molecule has 0 bridgehead atoms. The lowest BCUT2D eigenvalue weighted by molar-refractivity contribution is 0.103. The van der Waals surface area contributed by atoms with Gasteiger partial charge in [0.2, 0.25) is 0 Å². The number of aromatic nitrogens is 2. The number of anilines is 1. The number of sulfone groups is 1. The fraction of sp³-hybridized carbons (Fsp3) is 0.0625. The molecule has 0 radical (unpaired) electrons. The third kappa shape index (κ3) is 4.22. The van der Waals surface area contributed by atoms with Gasteiger partial charge >= 0.3 is 0 Å². The molecular formula is C16H12ClN3O3S2. The van der Waals surface area contributed by atoms with E-state index in [0.717, 1.165) is 17.8 Å². The molecule has 0 aliphatic carbocycles. The fourth-order valence-electron chi connectivity index (χ4n) is 2.06. The lowest BCUT2D eigenvalue weighted by Crippen LogP contribution is -2.11. The zero-order chi connectivity index (χ0) is 18.0. The van der Waals surface area contributed by atoms with Crippen LogP contribution in [0, 0.1) is 0 Å². The van der Waals surface area contributed by atoms with Gasteiger partial charge in [0.1, 0.15) is 10.6 Å². The van der Waals surface area contributed by atoms with Crippen LogP contribution in [0.1, 0.15) is 9.67 Å². The summed E-state index contributed by atoms with van der Waals surface area (Å²) in [6.07, 6.45) is 2.72. The molecule has 25 heavy (non-hydrogen) atoms. The molecule has 0 spiro atoms. The van der Waals surface area contributed by atoms with Crippen molar-refractivity contribution in [3.63, 3.8) is 0 Å². The minimum absolute atomic E-state index is 0.0359. The number of carbonyl (C=O) groups excluding carboxylic acids is 1. The Balaban J connectivity index is 1.84. The number of hydrogen-bond acceptors (Lipinski definition) is 6. The highest BCUT2D eigenvalue weighted by atomic mass is 35.5. The van der Waals surface area contributed by atoms with Gasteiger partial charge in [-0.15, -0.1) is 0 Å². The number of rotatable bonds is 4. The monoisotopic (exact) mass is 393 g/mol. The van der Waals surface area contributed by atoms with Crippen molar-refractivity contribution < 1.29 is 13.2 Å². The maximum Gasteiger partial charge on any atom is 0.267 e. The summed E-state index contributed by atoms with van der Waals surface area (Å²) < 4.78 is 27.6. The highest BCUT2D eigenvalue weighted by molar-refractivity contribution is 7.90. The van der Waals surface area contributed by atoms with Gasteiger partial charge in [0.25, 0.3) is 5.91 Å². The SMILES string of the molecule is CS(=O)(=O)c1cc(Cl)cc(NC(=O)c2cc(-c3ccccn3)ns2)c1. The zero-order valence-electron chi connectivity index (χ0n) is 12.9. The van der Waals surface area contributed by atoms with Crippen molar-refractivity contribution in [1.82, 2.24) is 9.36 Å². The number of hydrogen-bond donors (Lipinski definition) is 1. The second-order valence-corrected chi connectivity index (χ2v) is 8.45. The summed E-state index contributed by atoms with van der Waals surface area (Å²) in [5.41, 5.74) is 1.56. The molecule has 3 rings (SSSR count). The minimum atomic E-state index is -3.43. The molecule has 3 aromatic rings. The van der Waals surface area contributed by atoms with Crippen LogP contribution in [0.15, 0.2) is 53.6 Å². The first-order valence-electron chi connectivity index (χ1n) is 7.03. The number of pyridine rings is 1. The van der Waals surface area contributed by atoms with Crippen molar-refractivity contribution in [2.24, 2.45) is 0 Å². The molecule has 2 heterocycles. The molecule has 0 aliphatic heterocycles. The Morgan fingerprint density at radius 3 is 2.64 bits per heavy atom. The molecule has 6 nitrogen and oxygen atoms in total. The molecule has 0 saturated carbocycles. The summed E-state index contributed by atoms with van der Waals surface area (Å²) in [4.78, 5) is 17.0. The van der Waals surface area contributed by atoms with Crippen LogP contribution in [0.2, 0.25) is 5.02 Å². The molecule has 128 valence electrons. The molecule has 1 aromatic carbocycles. The molecular weight excluding hydrogens is 382 g/mol. The molecule has 0 fully saturated rings. The maximum absolute atomic E-state index is 12.4. The summed E-state index contributed by atoms with van der Waals surface area (Å²) in [5.74, 6) is -0.401. The van der Waals surface area contributed by atoms with Crippen LogP contribution in [-0.2, 0) is 9.84 Å². The van der Waals surface area contributed by atoms with Gasteiger partial charge in [0, 0.05) is 23.2 Å². The van der Waals surface area contributed by atoms with Gasteiger partial charge in [-0.3, -0.25) is 9.78 Å². The summed E-state index contributed by atoms with van der Waals surface area (Å²) in [5, 5.41) is 2.86. The third-order valence-corrected chi connectivity index (χ3v) is 5.32.